The first kappa shape index (κ1) is 19.0. The van der Waals surface area contributed by atoms with Gasteiger partial charge in [-0.1, -0.05) is 13.0 Å². The van der Waals surface area contributed by atoms with Crippen LogP contribution in [0.5, 0.6) is 11.5 Å². The number of carbonyl (C=O) groups is 1. The van der Waals surface area contributed by atoms with Gasteiger partial charge in [-0.3, -0.25) is 9.69 Å². The van der Waals surface area contributed by atoms with Crippen LogP contribution in [-0.4, -0.2) is 56.1 Å². The molecule has 2 aliphatic rings. The molecule has 0 atom stereocenters. The van der Waals surface area contributed by atoms with Crippen molar-refractivity contribution >= 4 is 5.91 Å². The van der Waals surface area contributed by atoms with E-state index in [2.05, 4.69) is 22.8 Å². The van der Waals surface area contributed by atoms with Gasteiger partial charge >= 0.3 is 0 Å². The van der Waals surface area contributed by atoms with E-state index in [0.717, 1.165) is 75.8 Å². The Kier molecular flexibility index (Phi) is 6.41. The highest BCUT2D eigenvalue weighted by Gasteiger charge is 2.30. The summed E-state index contributed by atoms with van der Waals surface area (Å²) >= 11 is 0. The smallest absolute Gasteiger partial charge is 0.225 e. The van der Waals surface area contributed by atoms with Crippen molar-refractivity contribution in [3.63, 3.8) is 0 Å². The van der Waals surface area contributed by atoms with Gasteiger partial charge in [0.15, 0.2) is 11.5 Å². The third-order valence-electron chi connectivity index (χ3n) is 5.89. The van der Waals surface area contributed by atoms with E-state index >= 15 is 0 Å². The minimum atomic E-state index is 0.213. The minimum absolute atomic E-state index is 0.213. The second kappa shape index (κ2) is 8.76. The number of nitrogens with zero attached hydrogens (tertiary/aromatic N) is 2. The first-order valence-electron chi connectivity index (χ1n) is 9.82. The molecule has 5 heteroatoms. The fraction of sp³-hybridized carbons (Fsp3) is 0.667. The molecule has 0 unspecified atom stereocenters. The topological polar surface area (TPSA) is 42.0 Å². The molecule has 2 aliphatic heterocycles. The highest BCUT2D eigenvalue weighted by Crippen LogP contribution is 2.29. The molecule has 2 fully saturated rings. The number of likely N-dealkylation sites (tertiary alicyclic amines) is 2. The van der Waals surface area contributed by atoms with Crippen LogP contribution in [0.3, 0.4) is 0 Å². The Hall–Kier alpha value is -1.75. The molecule has 3 rings (SSSR count). The molecule has 0 bridgehead atoms. The van der Waals surface area contributed by atoms with Crippen molar-refractivity contribution in [2.24, 2.45) is 11.8 Å². The number of piperidine rings is 2. The summed E-state index contributed by atoms with van der Waals surface area (Å²) in [6, 6.07) is 6.10. The summed E-state index contributed by atoms with van der Waals surface area (Å²) in [6.45, 7) is 7.04. The van der Waals surface area contributed by atoms with Crippen LogP contribution < -0.4 is 9.47 Å². The third-order valence-corrected chi connectivity index (χ3v) is 5.89. The lowest BCUT2D eigenvalue weighted by molar-refractivity contribution is -0.138. The normalized spacial score (nSPS) is 20.2. The van der Waals surface area contributed by atoms with Gasteiger partial charge in [0.05, 0.1) is 14.2 Å². The van der Waals surface area contributed by atoms with Crippen molar-refractivity contribution in [3.05, 3.63) is 23.8 Å². The number of methoxy groups -OCH3 is 2. The molecule has 0 aromatic heterocycles. The Bertz CT molecular complexity index is 603. The van der Waals surface area contributed by atoms with Crippen molar-refractivity contribution in [3.8, 4) is 11.5 Å². The summed E-state index contributed by atoms with van der Waals surface area (Å²) in [5.41, 5.74) is 1.22. The van der Waals surface area contributed by atoms with Crippen LogP contribution in [-0.2, 0) is 11.3 Å². The molecule has 5 nitrogen and oxygen atoms in total. The summed E-state index contributed by atoms with van der Waals surface area (Å²) in [4.78, 5) is 17.3. The molecular weight excluding hydrogens is 328 g/mol. The summed E-state index contributed by atoms with van der Waals surface area (Å²) < 4.78 is 10.7. The van der Waals surface area contributed by atoms with Crippen molar-refractivity contribution in [2.45, 2.75) is 39.2 Å². The lowest BCUT2D eigenvalue weighted by Gasteiger charge is -2.36. The van der Waals surface area contributed by atoms with Crippen LogP contribution in [0.2, 0.25) is 0 Å². The summed E-state index contributed by atoms with van der Waals surface area (Å²) in [7, 11) is 3.32. The highest BCUT2D eigenvalue weighted by molar-refractivity contribution is 5.79. The lowest BCUT2D eigenvalue weighted by atomic mass is 9.92. The van der Waals surface area contributed by atoms with Gasteiger partial charge in [-0.2, -0.15) is 0 Å². The molecular formula is C21H32N2O3. The maximum Gasteiger partial charge on any atom is 0.225 e. The highest BCUT2D eigenvalue weighted by atomic mass is 16.5. The fourth-order valence-corrected chi connectivity index (χ4v) is 4.06. The molecule has 0 spiro atoms. The zero-order chi connectivity index (χ0) is 18.5. The van der Waals surface area contributed by atoms with Gasteiger partial charge in [-0.05, 0) is 62.4 Å². The van der Waals surface area contributed by atoms with Gasteiger partial charge in [0, 0.05) is 25.6 Å². The standard InChI is InChI=1S/C21H32N2O3/c1-16-6-12-23(13-7-16)21(24)18-8-10-22(11-9-18)15-17-4-5-19(25-2)20(14-17)26-3/h4-5,14,16,18H,6-13,15H2,1-3H3. The Morgan fingerprint density at radius 2 is 1.65 bits per heavy atom. The molecule has 144 valence electrons. The van der Waals surface area contributed by atoms with E-state index in [1.807, 2.05) is 12.1 Å². The van der Waals surface area contributed by atoms with Gasteiger partial charge in [0.1, 0.15) is 0 Å². The maximum absolute atomic E-state index is 12.8. The van der Waals surface area contributed by atoms with Gasteiger partial charge in [-0.15, -0.1) is 0 Å². The quantitative estimate of drug-likeness (QED) is 0.809. The Morgan fingerprint density at radius 1 is 1.00 bits per heavy atom. The average molecular weight is 360 g/mol. The third kappa shape index (κ3) is 4.50. The van der Waals surface area contributed by atoms with Crippen molar-refractivity contribution in [2.75, 3.05) is 40.4 Å². The lowest BCUT2D eigenvalue weighted by Crippen LogP contribution is -2.45. The predicted octanol–water partition coefficient (Wildman–Crippen LogP) is 3.17. The zero-order valence-corrected chi connectivity index (χ0v) is 16.4. The molecule has 0 aliphatic carbocycles. The Labute approximate surface area is 157 Å². The average Bonchev–Trinajstić information content (AvgIpc) is 2.68. The van der Waals surface area contributed by atoms with E-state index in [4.69, 9.17) is 9.47 Å². The number of ether oxygens (including phenoxy) is 2. The van der Waals surface area contributed by atoms with E-state index in [-0.39, 0.29) is 5.92 Å². The maximum atomic E-state index is 12.8. The second-order valence-corrected chi connectivity index (χ2v) is 7.75. The molecule has 0 saturated carbocycles. The van der Waals surface area contributed by atoms with Gasteiger partial charge < -0.3 is 14.4 Å². The SMILES string of the molecule is COc1ccc(CN2CCC(C(=O)N3CCC(C)CC3)CC2)cc1OC. The van der Waals surface area contributed by atoms with E-state index in [1.54, 1.807) is 14.2 Å². The summed E-state index contributed by atoms with van der Waals surface area (Å²) in [5.74, 6) is 2.90. The minimum Gasteiger partial charge on any atom is -0.493 e. The number of carbonyl (C=O) groups excluding carboxylic acids is 1. The molecule has 0 N–H and O–H groups in total. The van der Waals surface area contributed by atoms with Crippen LogP contribution in [0, 0.1) is 11.8 Å². The van der Waals surface area contributed by atoms with Crippen LogP contribution >= 0.6 is 0 Å². The summed E-state index contributed by atoms with van der Waals surface area (Å²) in [5, 5.41) is 0. The van der Waals surface area contributed by atoms with Crippen LogP contribution in [0.25, 0.3) is 0 Å². The fourth-order valence-electron chi connectivity index (χ4n) is 4.06. The van der Waals surface area contributed by atoms with Gasteiger partial charge in [0.2, 0.25) is 5.91 Å². The van der Waals surface area contributed by atoms with Gasteiger partial charge in [0.25, 0.3) is 0 Å². The Morgan fingerprint density at radius 3 is 2.27 bits per heavy atom. The van der Waals surface area contributed by atoms with Crippen LogP contribution in [0.15, 0.2) is 18.2 Å². The van der Waals surface area contributed by atoms with Crippen molar-refractivity contribution in [1.82, 2.24) is 9.80 Å². The summed E-state index contributed by atoms with van der Waals surface area (Å²) in [6.07, 6.45) is 4.25. The second-order valence-electron chi connectivity index (χ2n) is 7.75. The largest absolute Gasteiger partial charge is 0.493 e. The van der Waals surface area contributed by atoms with Gasteiger partial charge in [-0.25, -0.2) is 0 Å². The monoisotopic (exact) mass is 360 g/mol. The molecule has 1 aromatic carbocycles. The van der Waals surface area contributed by atoms with Crippen molar-refractivity contribution < 1.29 is 14.3 Å². The van der Waals surface area contributed by atoms with E-state index in [1.165, 1.54) is 5.56 Å². The molecule has 2 heterocycles. The molecule has 26 heavy (non-hydrogen) atoms. The van der Waals surface area contributed by atoms with E-state index in [0.29, 0.717) is 5.91 Å². The number of hydrogen-bond donors (Lipinski definition) is 0. The molecule has 1 aromatic rings. The number of benzene rings is 1. The predicted molar refractivity (Wildman–Crippen MR) is 103 cm³/mol. The first-order chi connectivity index (χ1) is 12.6. The molecule has 2 saturated heterocycles. The van der Waals surface area contributed by atoms with E-state index in [9.17, 15) is 4.79 Å². The first-order valence-corrected chi connectivity index (χ1v) is 9.82. The van der Waals surface area contributed by atoms with Crippen LogP contribution in [0.4, 0.5) is 0 Å². The molecule has 0 radical (unpaired) electrons. The number of hydrogen-bond acceptors (Lipinski definition) is 4. The number of rotatable bonds is 5. The van der Waals surface area contributed by atoms with Crippen LogP contribution in [0.1, 0.15) is 38.2 Å². The Balaban J connectivity index is 1.50. The number of amides is 1. The zero-order valence-electron chi connectivity index (χ0n) is 16.4. The van der Waals surface area contributed by atoms with E-state index < -0.39 is 0 Å². The molecule has 1 amide bonds. The van der Waals surface area contributed by atoms with Crippen molar-refractivity contribution in [1.29, 1.82) is 0 Å².